The highest BCUT2D eigenvalue weighted by molar-refractivity contribution is 9.10. The quantitative estimate of drug-likeness (QED) is 0.881. The van der Waals surface area contributed by atoms with E-state index in [4.69, 9.17) is 10.5 Å². The largest absolute Gasteiger partial charge is 0.497 e. The van der Waals surface area contributed by atoms with Crippen molar-refractivity contribution in [1.29, 1.82) is 0 Å². The Bertz CT molecular complexity index is 557. The maximum absolute atomic E-state index is 10.6. The molecule has 2 atom stereocenters. The molecular weight excluding hydrogens is 318 g/mol. The molecule has 0 saturated carbocycles. The van der Waals surface area contributed by atoms with Crippen LogP contribution >= 0.6 is 15.9 Å². The normalized spacial score (nSPS) is 13.8. The van der Waals surface area contributed by atoms with Crippen LogP contribution < -0.4 is 10.5 Å². The third-order valence-electron chi connectivity index (χ3n) is 3.37. The maximum Gasteiger partial charge on any atom is 0.119 e. The van der Waals surface area contributed by atoms with Crippen LogP contribution in [0.5, 0.6) is 5.75 Å². The Morgan fingerprint density at radius 2 is 1.85 bits per heavy atom. The molecule has 0 spiro atoms. The van der Waals surface area contributed by atoms with Crippen molar-refractivity contribution in [2.45, 2.75) is 12.0 Å². The van der Waals surface area contributed by atoms with Crippen LogP contribution in [0, 0.1) is 0 Å². The topological polar surface area (TPSA) is 55.5 Å². The number of benzene rings is 2. The van der Waals surface area contributed by atoms with Crippen molar-refractivity contribution in [2.24, 2.45) is 5.73 Å². The first-order valence-corrected chi connectivity index (χ1v) is 7.22. The van der Waals surface area contributed by atoms with Crippen LogP contribution in [0.25, 0.3) is 0 Å². The van der Waals surface area contributed by atoms with Crippen LogP contribution in [0.1, 0.15) is 23.1 Å². The van der Waals surface area contributed by atoms with Gasteiger partial charge in [0.1, 0.15) is 5.75 Å². The molecule has 2 rings (SSSR count). The number of aliphatic hydroxyl groups excluding tert-OH is 1. The Hall–Kier alpha value is -1.36. The molecule has 3 N–H and O–H groups in total. The van der Waals surface area contributed by atoms with Crippen molar-refractivity contribution in [2.75, 3.05) is 13.7 Å². The minimum Gasteiger partial charge on any atom is -0.497 e. The number of nitrogens with two attached hydrogens (primary N) is 1. The van der Waals surface area contributed by atoms with E-state index in [1.807, 2.05) is 48.5 Å². The van der Waals surface area contributed by atoms with Gasteiger partial charge in [0.05, 0.1) is 13.2 Å². The smallest absolute Gasteiger partial charge is 0.119 e. The van der Waals surface area contributed by atoms with Gasteiger partial charge in [0.25, 0.3) is 0 Å². The minimum absolute atomic E-state index is 0.161. The zero-order valence-corrected chi connectivity index (χ0v) is 12.9. The molecule has 0 aliphatic carbocycles. The van der Waals surface area contributed by atoms with Gasteiger partial charge in [0.2, 0.25) is 0 Å². The SMILES string of the molecule is COc1cccc(C(CN)C(O)c2ccc(Br)cc2)c1. The molecule has 3 nitrogen and oxygen atoms in total. The van der Waals surface area contributed by atoms with Crippen molar-refractivity contribution < 1.29 is 9.84 Å². The number of rotatable bonds is 5. The van der Waals surface area contributed by atoms with E-state index in [-0.39, 0.29) is 5.92 Å². The predicted octanol–water partition coefficient (Wildman–Crippen LogP) is 3.23. The molecule has 4 heteroatoms. The van der Waals surface area contributed by atoms with Crippen LogP contribution in [0.3, 0.4) is 0 Å². The van der Waals surface area contributed by atoms with Crippen LogP contribution in [-0.2, 0) is 0 Å². The predicted molar refractivity (Wildman–Crippen MR) is 83.9 cm³/mol. The highest BCUT2D eigenvalue weighted by Crippen LogP contribution is 2.32. The molecule has 0 bridgehead atoms. The standard InChI is InChI=1S/C16H18BrNO2/c1-20-14-4-2-3-12(9-14)15(10-18)16(19)11-5-7-13(17)8-6-11/h2-9,15-16,19H,10,18H2,1H3. The summed E-state index contributed by atoms with van der Waals surface area (Å²) >= 11 is 3.39. The second kappa shape index (κ2) is 6.88. The second-order valence-electron chi connectivity index (χ2n) is 4.62. The monoisotopic (exact) mass is 335 g/mol. The molecular formula is C16H18BrNO2. The number of methoxy groups -OCH3 is 1. The Morgan fingerprint density at radius 1 is 1.15 bits per heavy atom. The van der Waals surface area contributed by atoms with E-state index in [0.29, 0.717) is 6.54 Å². The van der Waals surface area contributed by atoms with E-state index in [2.05, 4.69) is 15.9 Å². The van der Waals surface area contributed by atoms with Gasteiger partial charge in [0.15, 0.2) is 0 Å². The summed E-state index contributed by atoms with van der Waals surface area (Å²) in [7, 11) is 1.63. The van der Waals surface area contributed by atoms with E-state index in [0.717, 1.165) is 21.3 Å². The zero-order valence-electron chi connectivity index (χ0n) is 11.3. The average Bonchev–Trinajstić information content (AvgIpc) is 2.49. The van der Waals surface area contributed by atoms with Gasteiger partial charge < -0.3 is 15.6 Å². The summed E-state index contributed by atoms with van der Waals surface area (Å²) in [5.74, 6) is 0.607. The third kappa shape index (κ3) is 3.39. The molecule has 0 fully saturated rings. The van der Waals surface area contributed by atoms with Crippen LogP contribution in [0.4, 0.5) is 0 Å². The number of ether oxygens (including phenoxy) is 1. The Morgan fingerprint density at radius 3 is 2.45 bits per heavy atom. The fraction of sp³-hybridized carbons (Fsp3) is 0.250. The van der Waals surface area contributed by atoms with E-state index >= 15 is 0 Å². The zero-order chi connectivity index (χ0) is 14.5. The first-order chi connectivity index (χ1) is 9.65. The Kier molecular flexibility index (Phi) is 5.17. The van der Waals surface area contributed by atoms with E-state index in [1.165, 1.54) is 0 Å². The van der Waals surface area contributed by atoms with Crippen molar-refractivity contribution >= 4 is 15.9 Å². The fourth-order valence-electron chi connectivity index (χ4n) is 2.21. The summed E-state index contributed by atoms with van der Waals surface area (Å²) in [6.07, 6.45) is -0.639. The van der Waals surface area contributed by atoms with Gasteiger partial charge in [-0.05, 0) is 35.4 Å². The highest BCUT2D eigenvalue weighted by atomic mass is 79.9. The maximum atomic E-state index is 10.6. The van der Waals surface area contributed by atoms with E-state index in [1.54, 1.807) is 7.11 Å². The van der Waals surface area contributed by atoms with Crippen molar-refractivity contribution in [3.05, 3.63) is 64.1 Å². The summed E-state index contributed by atoms with van der Waals surface area (Å²) in [4.78, 5) is 0. The lowest BCUT2D eigenvalue weighted by Crippen LogP contribution is -2.20. The Labute approximate surface area is 127 Å². The number of hydrogen-bond acceptors (Lipinski definition) is 3. The lowest BCUT2D eigenvalue weighted by Gasteiger charge is -2.22. The van der Waals surface area contributed by atoms with Crippen LogP contribution in [-0.4, -0.2) is 18.8 Å². The van der Waals surface area contributed by atoms with E-state index in [9.17, 15) is 5.11 Å². The average molecular weight is 336 g/mol. The summed E-state index contributed by atoms with van der Waals surface area (Å²) in [5, 5.41) is 10.6. The third-order valence-corrected chi connectivity index (χ3v) is 3.90. The van der Waals surface area contributed by atoms with Crippen molar-refractivity contribution in [1.82, 2.24) is 0 Å². The molecule has 2 aromatic rings. The summed E-state index contributed by atoms with van der Waals surface area (Å²) in [6.45, 7) is 0.365. The Balaban J connectivity index is 2.28. The summed E-state index contributed by atoms with van der Waals surface area (Å²) in [5.41, 5.74) is 7.68. The lowest BCUT2D eigenvalue weighted by atomic mass is 9.89. The molecule has 0 radical (unpaired) electrons. The van der Waals surface area contributed by atoms with Crippen molar-refractivity contribution in [3.8, 4) is 5.75 Å². The number of aliphatic hydroxyl groups is 1. The fourth-order valence-corrected chi connectivity index (χ4v) is 2.48. The summed E-state index contributed by atoms with van der Waals surface area (Å²) in [6, 6.07) is 15.3. The van der Waals surface area contributed by atoms with Gasteiger partial charge in [0, 0.05) is 16.9 Å². The highest BCUT2D eigenvalue weighted by Gasteiger charge is 2.21. The van der Waals surface area contributed by atoms with Gasteiger partial charge in [-0.1, -0.05) is 40.2 Å². The minimum atomic E-state index is -0.639. The van der Waals surface area contributed by atoms with Gasteiger partial charge in [-0.2, -0.15) is 0 Å². The molecule has 0 aliphatic rings. The first-order valence-electron chi connectivity index (χ1n) is 6.43. The van der Waals surface area contributed by atoms with Gasteiger partial charge in [-0.3, -0.25) is 0 Å². The molecule has 0 heterocycles. The lowest BCUT2D eigenvalue weighted by molar-refractivity contribution is 0.147. The van der Waals surface area contributed by atoms with Crippen LogP contribution in [0.2, 0.25) is 0 Å². The molecule has 0 aliphatic heterocycles. The van der Waals surface area contributed by atoms with Gasteiger partial charge in [-0.25, -0.2) is 0 Å². The molecule has 20 heavy (non-hydrogen) atoms. The molecule has 0 amide bonds. The van der Waals surface area contributed by atoms with Crippen molar-refractivity contribution in [3.63, 3.8) is 0 Å². The van der Waals surface area contributed by atoms with E-state index < -0.39 is 6.10 Å². The molecule has 2 unspecified atom stereocenters. The van der Waals surface area contributed by atoms with Gasteiger partial charge in [-0.15, -0.1) is 0 Å². The van der Waals surface area contributed by atoms with Gasteiger partial charge >= 0.3 is 0 Å². The molecule has 0 saturated heterocycles. The first kappa shape index (κ1) is 15.0. The number of hydrogen-bond donors (Lipinski definition) is 2. The summed E-state index contributed by atoms with van der Waals surface area (Å²) < 4.78 is 6.21. The van der Waals surface area contributed by atoms with Crippen LogP contribution in [0.15, 0.2) is 53.0 Å². The molecule has 106 valence electrons. The second-order valence-corrected chi connectivity index (χ2v) is 5.53. The molecule has 2 aromatic carbocycles. The number of halogens is 1. The molecule has 0 aromatic heterocycles.